The van der Waals surface area contributed by atoms with Gasteiger partial charge in [-0.05, 0) is 81.8 Å². The maximum absolute atomic E-state index is 6.50. The summed E-state index contributed by atoms with van der Waals surface area (Å²) in [7, 11) is 0. The highest BCUT2D eigenvalue weighted by atomic mass is 16.3. The van der Waals surface area contributed by atoms with Crippen LogP contribution in [0.2, 0.25) is 0 Å². The van der Waals surface area contributed by atoms with Crippen molar-refractivity contribution in [1.29, 1.82) is 0 Å². The van der Waals surface area contributed by atoms with Gasteiger partial charge in [0.15, 0.2) is 0 Å². The lowest BCUT2D eigenvalue weighted by Gasteiger charge is -2.27. The Hall–Kier alpha value is -6.64. The minimum absolute atomic E-state index is 0.149. The van der Waals surface area contributed by atoms with Crippen LogP contribution in [0.15, 0.2) is 204 Å². The second kappa shape index (κ2) is 12.0. The second-order valence-corrected chi connectivity index (χ2v) is 14.3. The summed E-state index contributed by atoms with van der Waals surface area (Å²) in [6.45, 7) is 0. The molecule has 250 valence electrons. The van der Waals surface area contributed by atoms with Crippen LogP contribution in [0.25, 0.3) is 71.7 Å². The van der Waals surface area contributed by atoms with E-state index in [1.54, 1.807) is 0 Å². The molecule has 2 atom stereocenters. The van der Waals surface area contributed by atoms with Crippen LogP contribution in [0.4, 0.5) is 0 Å². The molecule has 2 heterocycles. The molecule has 2 aromatic heterocycles. The van der Waals surface area contributed by atoms with Crippen molar-refractivity contribution in [2.75, 3.05) is 0 Å². The van der Waals surface area contributed by atoms with Crippen LogP contribution < -0.4 is 0 Å². The highest BCUT2D eigenvalue weighted by molar-refractivity contribution is 6.10. The normalized spacial score (nSPS) is 18.0. The maximum atomic E-state index is 6.50. The molecule has 0 saturated carbocycles. The molecule has 0 saturated heterocycles. The van der Waals surface area contributed by atoms with Gasteiger partial charge < -0.3 is 8.98 Å². The van der Waals surface area contributed by atoms with Gasteiger partial charge in [-0.25, -0.2) is 0 Å². The smallest absolute Gasteiger partial charge is 0.143 e. The van der Waals surface area contributed by atoms with E-state index < -0.39 is 0 Å². The second-order valence-electron chi connectivity index (χ2n) is 14.3. The molecule has 2 heteroatoms. The Labute approximate surface area is 308 Å². The Morgan fingerprint density at radius 1 is 0.566 bits per heavy atom. The first-order valence-electron chi connectivity index (χ1n) is 18.6. The zero-order valence-electron chi connectivity index (χ0n) is 29.1. The molecule has 8 aromatic rings. The van der Waals surface area contributed by atoms with Crippen LogP contribution in [0, 0.1) is 11.8 Å². The Bertz CT molecular complexity index is 2930. The van der Waals surface area contributed by atoms with Crippen molar-refractivity contribution in [1.82, 2.24) is 4.57 Å². The fourth-order valence-electron chi connectivity index (χ4n) is 9.08. The fourth-order valence-corrected chi connectivity index (χ4v) is 9.08. The summed E-state index contributed by atoms with van der Waals surface area (Å²) in [4.78, 5) is 0. The third-order valence-corrected chi connectivity index (χ3v) is 11.4. The summed E-state index contributed by atoms with van der Waals surface area (Å²) in [5, 5.41) is 4.86. The number of hydrogen-bond donors (Lipinski definition) is 0. The van der Waals surface area contributed by atoms with E-state index in [4.69, 9.17) is 4.42 Å². The fraction of sp³-hybridized carbons (Fsp3) is 0.0588. The molecule has 3 aliphatic rings. The first-order valence-corrected chi connectivity index (χ1v) is 18.6. The quantitative estimate of drug-likeness (QED) is 0.181. The van der Waals surface area contributed by atoms with Gasteiger partial charge in [-0.15, -0.1) is 0 Å². The summed E-state index contributed by atoms with van der Waals surface area (Å²) < 4.78 is 8.92. The van der Waals surface area contributed by atoms with Gasteiger partial charge in [-0.1, -0.05) is 152 Å². The maximum Gasteiger partial charge on any atom is 0.143 e. The molecule has 0 aliphatic heterocycles. The summed E-state index contributed by atoms with van der Waals surface area (Å²) in [6.07, 6.45) is 19.5. The molecule has 53 heavy (non-hydrogen) atoms. The van der Waals surface area contributed by atoms with E-state index in [1.165, 1.54) is 60.9 Å². The van der Waals surface area contributed by atoms with Crippen molar-refractivity contribution in [2.45, 2.75) is 6.42 Å². The van der Waals surface area contributed by atoms with Gasteiger partial charge in [-0.2, -0.15) is 0 Å². The lowest BCUT2D eigenvalue weighted by molar-refractivity contribution is 0.670. The van der Waals surface area contributed by atoms with E-state index in [9.17, 15) is 0 Å². The number of hydrogen-bond acceptors (Lipinski definition) is 1. The molecular weight excluding hydrogens is 643 g/mol. The number of rotatable bonds is 4. The highest BCUT2D eigenvalue weighted by Gasteiger charge is 2.32. The zero-order valence-corrected chi connectivity index (χ0v) is 29.1. The molecule has 0 radical (unpaired) electrons. The number of benzene rings is 6. The highest BCUT2D eigenvalue weighted by Crippen LogP contribution is 2.49. The molecule has 0 amide bonds. The molecule has 0 fully saturated rings. The van der Waals surface area contributed by atoms with Gasteiger partial charge in [0.25, 0.3) is 0 Å². The molecule has 2 unspecified atom stereocenters. The largest absolute Gasteiger partial charge is 0.455 e. The van der Waals surface area contributed by atoms with Crippen molar-refractivity contribution >= 4 is 54.9 Å². The Morgan fingerprint density at radius 2 is 1.28 bits per heavy atom. The van der Waals surface area contributed by atoms with Crippen LogP contribution in [0.1, 0.15) is 17.5 Å². The van der Waals surface area contributed by atoms with Crippen LogP contribution in [-0.4, -0.2) is 4.57 Å². The van der Waals surface area contributed by atoms with Crippen LogP contribution in [-0.2, 0) is 0 Å². The van der Waals surface area contributed by atoms with E-state index in [0.717, 1.165) is 39.5 Å². The van der Waals surface area contributed by atoms with Gasteiger partial charge in [-0.3, -0.25) is 0 Å². The monoisotopic (exact) mass is 677 g/mol. The molecule has 3 aliphatic carbocycles. The van der Waals surface area contributed by atoms with Crippen molar-refractivity contribution in [3.63, 3.8) is 0 Å². The van der Waals surface area contributed by atoms with E-state index in [1.807, 2.05) is 6.07 Å². The number of aromatic nitrogens is 1. The summed E-state index contributed by atoms with van der Waals surface area (Å²) >= 11 is 0. The summed E-state index contributed by atoms with van der Waals surface area (Å²) in [6, 6.07) is 50.6. The van der Waals surface area contributed by atoms with Crippen LogP contribution in [0.5, 0.6) is 0 Å². The van der Waals surface area contributed by atoms with Crippen molar-refractivity contribution < 1.29 is 4.42 Å². The molecular formula is C51H35NO. The van der Waals surface area contributed by atoms with Crippen molar-refractivity contribution in [3.8, 4) is 16.8 Å². The minimum atomic E-state index is 0.149. The summed E-state index contributed by atoms with van der Waals surface area (Å²) in [5.41, 5.74) is 15.7. The van der Waals surface area contributed by atoms with Crippen LogP contribution >= 0.6 is 0 Å². The minimum Gasteiger partial charge on any atom is -0.455 e. The number of allylic oxidation sites excluding steroid dienone is 12. The number of furan rings is 1. The predicted octanol–water partition coefficient (Wildman–Crippen LogP) is 13.4. The molecule has 11 rings (SSSR count). The van der Waals surface area contributed by atoms with Gasteiger partial charge in [0.2, 0.25) is 0 Å². The Kier molecular flexibility index (Phi) is 6.78. The van der Waals surface area contributed by atoms with Crippen molar-refractivity contribution in [2.24, 2.45) is 11.8 Å². The third-order valence-electron chi connectivity index (χ3n) is 11.4. The topological polar surface area (TPSA) is 18.1 Å². The average molecular weight is 678 g/mol. The average Bonchev–Trinajstić information content (AvgIpc) is 3.72. The first-order chi connectivity index (χ1) is 26.3. The van der Waals surface area contributed by atoms with Crippen molar-refractivity contribution in [3.05, 3.63) is 210 Å². The van der Waals surface area contributed by atoms with Gasteiger partial charge in [0.05, 0.1) is 11.0 Å². The lowest BCUT2D eigenvalue weighted by Crippen LogP contribution is -2.10. The lowest BCUT2D eigenvalue weighted by atomic mass is 9.77. The number of para-hydroxylation sites is 4. The van der Waals surface area contributed by atoms with Gasteiger partial charge in [0.1, 0.15) is 11.2 Å². The molecule has 0 bridgehead atoms. The molecule has 0 N–H and O–H groups in total. The van der Waals surface area contributed by atoms with Crippen LogP contribution in [0.3, 0.4) is 0 Å². The number of nitrogens with zero attached hydrogens (tertiary/aromatic N) is 1. The zero-order chi connectivity index (χ0) is 34.9. The molecule has 0 spiro atoms. The van der Waals surface area contributed by atoms with E-state index in [0.29, 0.717) is 0 Å². The Morgan fingerprint density at radius 3 is 2.15 bits per heavy atom. The van der Waals surface area contributed by atoms with Gasteiger partial charge in [0, 0.05) is 44.6 Å². The van der Waals surface area contributed by atoms with E-state index >= 15 is 0 Å². The third kappa shape index (κ3) is 4.72. The summed E-state index contributed by atoms with van der Waals surface area (Å²) in [5.74, 6) is 0.363. The first kappa shape index (κ1) is 30.0. The standard InChI is InChI=1S/C51H35NO/c1-2-19-38-35(14-1)32-46(34-16-12-18-37(31-34)52-47-27-8-5-21-41(47)42-22-6-9-28-48(42)52)40-20-3-4-24-44(40)50(38)36-17-11-15-33(30-36)39-25-13-26-45-43-23-7-10-29-49(43)53-51(39)45/h1-19,21-32,35,40H,20H2. The predicted molar refractivity (Wildman–Crippen MR) is 222 cm³/mol. The molecule has 2 nitrogen and oxygen atoms in total. The molecule has 6 aromatic carbocycles. The van der Waals surface area contributed by atoms with E-state index in [-0.39, 0.29) is 11.8 Å². The number of fused-ring (bicyclic) bond motifs is 8. The van der Waals surface area contributed by atoms with E-state index in [2.05, 4.69) is 187 Å². The SMILES string of the molecule is C1=CCC2C(=C1)C(c1cccc(-c3cccc4c3oc3ccccc34)c1)=C1C=CC=CC1C=C2c1cccc(-n2c3ccccc3c3ccccc32)c1. The Balaban J connectivity index is 1.05. The van der Waals surface area contributed by atoms with Gasteiger partial charge >= 0.3 is 0 Å².